The van der Waals surface area contributed by atoms with Crippen molar-refractivity contribution in [2.45, 2.75) is 57.9 Å². The van der Waals surface area contributed by atoms with Crippen LogP contribution in [0.25, 0.3) is 0 Å². The second-order valence-corrected chi connectivity index (χ2v) is 6.77. The number of thiazole rings is 1. The zero-order valence-electron chi connectivity index (χ0n) is 13.0. The molecule has 4 nitrogen and oxygen atoms in total. The number of rotatable bonds is 6. The Morgan fingerprint density at radius 2 is 2.09 bits per heavy atom. The van der Waals surface area contributed by atoms with E-state index in [4.69, 9.17) is 5.73 Å². The molecule has 0 bridgehead atoms. The summed E-state index contributed by atoms with van der Waals surface area (Å²) >= 11 is 1.60. The van der Waals surface area contributed by atoms with E-state index in [2.05, 4.69) is 17.2 Å². The van der Waals surface area contributed by atoms with Crippen molar-refractivity contribution in [3.05, 3.63) is 16.6 Å². The van der Waals surface area contributed by atoms with Gasteiger partial charge in [-0.1, -0.05) is 26.2 Å². The van der Waals surface area contributed by atoms with Crippen LogP contribution in [0, 0.1) is 5.41 Å². The SMILES string of the molecule is CCC(NC(=O)CC1(CN)CCCCC1)c1nccs1.Cl.Cl. The van der Waals surface area contributed by atoms with E-state index in [1.54, 1.807) is 17.5 Å². The molecule has 128 valence electrons. The lowest BCUT2D eigenvalue weighted by molar-refractivity contribution is -0.124. The van der Waals surface area contributed by atoms with Crippen LogP contribution in [0.5, 0.6) is 0 Å². The third kappa shape index (κ3) is 5.69. The molecule has 2 rings (SSSR count). The van der Waals surface area contributed by atoms with E-state index in [0.717, 1.165) is 24.3 Å². The molecular weight excluding hydrogens is 341 g/mol. The van der Waals surface area contributed by atoms with E-state index in [-0.39, 0.29) is 42.2 Å². The van der Waals surface area contributed by atoms with Gasteiger partial charge in [-0.3, -0.25) is 4.79 Å². The van der Waals surface area contributed by atoms with Crippen LogP contribution < -0.4 is 11.1 Å². The molecule has 7 heteroatoms. The van der Waals surface area contributed by atoms with Gasteiger partial charge < -0.3 is 11.1 Å². The van der Waals surface area contributed by atoms with Crippen molar-refractivity contribution in [3.8, 4) is 0 Å². The van der Waals surface area contributed by atoms with E-state index in [0.29, 0.717) is 13.0 Å². The first kappa shape index (κ1) is 21.6. The van der Waals surface area contributed by atoms with Crippen molar-refractivity contribution >= 4 is 42.1 Å². The lowest BCUT2D eigenvalue weighted by Crippen LogP contribution is -2.39. The Hall–Kier alpha value is -0.360. The normalized spacial score (nSPS) is 17.7. The summed E-state index contributed by atoms with van der Waals surface area (Å²) in [6.45, 7) is 2.69. The highest BCUT2D eigenvalue weighted by Gasteiger charge is 2.33. The standard InChI is InChI=1S/C15H25N3OS.2ClH/c1-2-12(14-17-8-9-20-14)18-13(19)10-15(11-16)6-4-3-5-7-15;;/h8-9,12H,2-7,10-11,16H2,1H3,(H,18,19);2*1H. The first-order valence-corrected chi connectivity index (χ1v) is 8.46. The number of carbonyl (C=O) groups excluding carboxylic acids is 1. The fourth-order valence-electron chi connectivity index (χ4n) is 3.09. The molecule has 0 saturated heterocycles. The summed E-state index contributed by atoms with van der Waals surface area (Å²) in [6, 6.07) is 0.0425. The zero-order chi connectivity index (χ0) is 14.4. The van der Waals surface area contributed by atoms with Crippen LogP contribution in [-0.4, -0.2) is 17.4 Å². The van der Waals surface area contributed by atoms with Gasteiger partial charge in [0.25, 0.3) is 0 Å². The molecule has 0 radical (unpaired) electrons. The van der Waals surface area contributed by atoms with Crippen LogP contribution in [0.3, 0.4) is 0 Å². The van der Waals surface area contributed by atoms with E-state index in [9.17, 15) is 4.79 Å². The number of nitrogens with one attached hydrogen (secondary N) is 1. The maximum atomic E-state index is 12.4. The lowest BCUT2D eigenvalue weighted by atomic mass is 9.71. The van der Waals surface area contributed by atoms with Gasteiger partial charge in [-0.05, 0) is 31.2 Å². The van der Waals surface area contributed by atoms with Crippen LogP contribution in [-0.2, 0) is 4.79 Å². The molecule has 0 spiro atoms. The van der Waals surface area contributed by atoms with Crippen molar-refractivity contribution in [1.29, 1.82) is 0 Å². The van der Waals surface area contributed by atoms with Gasteiger partial charge in [0.2, 0.25) is 5.91 Å². The smallest absolute Gasteiger partial charge is 0.221 e. The molecule has 3 N–H and O–H groups in total. The van der Waals surface area contributed by atoms with Crippen LogP contribution in [0.2, 0.25) is 0 Å². The fourth-order valence-corrected chi connectivity index (χ4v) is 3.86. The van der Waals surface area contributed by atoms with Gasteiger partial charge in [-0.2, -0.15) is 0 Å². The minimum Gasteiger partial charge on any atom is -0.347 e. The molecule has 1 aromatic heterocycles. The third-order valence-electron chi connectivity index (χ3n) is 4.38. The van der Waals surface area contributed by atoms with Crippen molar-refractivity contribution in [2.75, 3.05) is 6.54 Å². The Morgan fingerprint density at radius 1 is 1.41 bits per heavy atom. The van der Waals surface area contributed by atoms with E-state index in [1.165, 1.54) is 19.3 Å². The van der Waals surface area contributed by atoms with E-state index >= 15 is 0 Å². The topological polar surface area (TPSA) is 68.0 Å². The minimum atomic E-state index is 0. The Morgan fingerprint density at radius 3 is 2.59 bits per heavy atom. The molecule has 0 aliphatic heterocycles. The second-order valence-electron chi connectivity index (χ2n) is 5.84. The minimum absolute atomic E-state index is 0. The number of carbonyl (C=O) groups is 1. The average molecular weight is 368 g/mol. The second kappa shape index (κ2) is 10.4. The van der Waals surface area contributed by atoms with Crippen molar-refractivity contribution < 1.29 is 4.79 Å². The number of nitrogens with two attached hydrogens (primary N) is 1. The van der Waals surface area contributed by atoms with Crippen LogP contribution in [0.4, 0.5) is 0 Å². The zero-order valence-corrected chi connectivity index (χ0v) is 15.5. The van der Waals surface area contributed by atoms with Crippen LogP contribution in [0.1, 0.15) is 62.9 Å². The molecule has 1 fully saturated rings. The van der Waals surface area contributed by atoms with Gasteiger partial charge in [0.15, 0.2) is 0 Å². The molecule has 1 aliphatic rings. The van der Waals surface area contributed by atoms with Crippen LogP contribution >= 0.6 is 36.2 Å². The Balaban J connectivity index is 0.00000220. The summed E-state index contributed by atoms with van der Waals surface area (Å²) in [5.74, 6) is 0.124. The van der Waals surface area contributed by atoms with Crippen LogP contribution in [0.15, 0.2) is 11.6 Å². The number of aromatic nitrogens is 1. The maximum Gasteiger partial charge on any atom is 0.221 e. The average Bonchev–Trinajstić information content (AvgIpc) is 3.00. The number of nitrogens with zero attached hydrogens (tertiary/aromatic N) is 1. The van der Waals surface area contributed by atoms with Crippen molar-refractivity contribution in [2.24, 2.45) is 11.1 Å². The highest BCUT2D eigenvalue weighted by Crippen LogP contribution is 2.38. The monoisotopic (exact) mass is 367 g/mol. The highest BCUT2D eigenvalue weighted by molar-refractivity contribution is 7.09. The number of amides is 1. The predicted octanol–water partition coefficient (Wildman–Crippen LogP) is 3.85. The molecule has 1 unspecified atom stereocenters. The van der Waals surface area contributed by atoms with Gasteiger partial charge in [-0.25, -0.2) is 4.98 Å². The van der Waals surface area contributed by atoms with Crippen molar-refractivity contribution in [1.82, 2.24) is 10.3 Å². The van der Waals surface area contributed by atoms with E-state index in [1.807, 2.05) is 5.38 Å². The maximum absolute atomic E-state index is 12.4. The lowest BCUT2D eigenvalue weighted by Gasteiger charge is -2.36. The summed E-state index contributed by atoms with van der Waals surface area (Å²) in [4.78, 5) is 16.7. The molecule has 1 saturated carbocycles. The third-order valence-corrected chi connectivity index (χ3v) is 5.26. The first-order chi connectivity index (χ1) is 9.69. The Labute approximate surface area is 149 Å². The molecule has 1 aliphatic carbocycles. The molecule has 1 atom stereocenters. The molecule has 0 aromatic carbocycles. The van der Waals surface area contributed by atoms with Gasteiger partial charge in [0.1, 0.15) is 5.01 Å². The fraction of sp³-hybridized carbons (Fsp3) is 0.733. The predicted molar refractivity (Wildman–Crippen MR) is 97.0 cm³/mol. The summed E-state index contributed by atoms with van der Waals surface area (Å²) in [5.41, 5.74) is 5.99. The molecular formula is C15H27Cl2N3OS. The number of hydrogen-bond acceptors (Lipinski definition) is 4. The van der Waals surface area contributed by atoms with E-state index < -0.39 is 0 Å². The Kier molecular flexibility index (Phi) is 10.3. The molecule has 1 aromatic rings. The van der Waals surface area contributed by atoms with Gasteiger partial charge >= 0.3 is 0 Å². The summed E-state index contributed by atoms with van der Waals surface area (Å²) in [7, 11) is 0. The number of halogens is 2. The summed E-state index contributed by atoms with van der Waals surface area (Å²) in [5, 5.41) is 6.07. The van der Waals surface area contributed by atoms with Crippen molar-refractivity contribution in [3.63, 3.8) is 0 Å². The van der Waals surface area contributed by atoms with Gasteiger partial charge in [0.05, 0.1) is 6.04 Å². The molecule has 1 heterocycles. The molecule has 22 heavy (non-hydrogen) atoms. The molecule has 1 amide bonds. The largest absolute Gasteiger partial charge is 0.347 e. The first-order valence-electron chi connectivity index (χ1n) is 7.58. The Bertz CT molecular complexity index is 422. The highest BCUT2D eigenvalue weighted by atomic mass is 35.5. The number of hydrogen-bond donors (Lipinski definition) is 2. The van der Waals surface area contributed by atoms with Gasteiger partial charge in [-0.15, -0.1) is 36.2 Å². The van der Waals surface area contributed by atoms with Gasteiger partial charge in [0, 0.05) is 18.0 Å². The summed E-state index contributed by atoms with van der Waals surface area (Å²) in [6.07, 6.45) is 9.08. The quantitative estimate of drug-likeness (QED) is 0.801. The summed E-state index contributed by atoms with van der Waals surface area (Å²) < 4.78 is 0.